The summed E-state index contributed by atoms with van der Waals surface area (Å²) in [6.07, 6.45) is 4.98. The number of aliphatic hydroxyl groups excluding tert-OH is 1. The predicted molar refractivity (Wildman–Crippen MR) is 62.7 cm³/mol. The van der Waals surface area contributed by atoms with E-state index in [-0.39, 0.29) is 6.10 Å². The highest BCUT2D eigenvalue weighted by Gasteiger charge is 2.26. The van der Waals surface area contributed by atoms with Gasteiger partial charge < -0.3 is 14.7 Å². The van der Waals surface area contributed by atoms with Crippen LogP contribution < -0.4 is 0 Å². The summed E-state index contributed by atoms with van der Waals surface area (Å²) in [5.74, 6) is 0.355. The zero-order valence-corrected chi connectivity index (χ0v) is 9.83. The summed E-state index contributed by atoms with van der Waals surface area (Å²) in [5.41, 5.74) is 0. The first kappa shape index (κ1) is 11.5. The molecule has 0 radical (unpaired) electrons. The van der Waals surface area contributed by atoms with E-state index >= 15 is 0 Å². The van der Waals surface area contributed by atoms with Crippen LogP contribution in [0.5, 0.6) is 0 Å². The summed E-state index contributed by atoms with van der Waals surface area (Å²) < 4.78 is 5.65. The first-order valence-corrected chi connectivity index (χ1v) is 5.77. The van der Waals surface area contributed by atoms with Gasteiger partial charge in [0.2, 0.25) is 12.1 Å². The second-order valence-corrected chi connectivity index (χ2v) is 4.62. The summed E-state index contributed by atoms with van der Waals surface area (Å²) in [4.78, 5) is 9.89. The maximum absolute atomic E-state index is 9.40. The molecule has 1 fully saturated rings. The molecule has 0 spiro atoms. The molecule has 0 saturated heterocycles. The zero-order valence-electron chi connectivity index (χ0n) is 9.83. The highest BCUT2D eigenvalue weighted by molar-refractivity contribution is 5.92. The van der Waals surface area contributed by atoms with Crippen LogP contribution in [0.2, 0.25) is 0 Å². The number of aliphatic imine (C=N–C) groups is 2. The molecule has 5 nitrogen and oxygen atoms in total. The maximum atomic E-state index is 9.40. The molecule has 1 atom stereocenters. The van der Waals surface area contributed by atoms with E-state index in [0.717, 1.165) is 25.7 Å². The van der Waals surface area contributed by atoms with Gasteiger partial charge in [0.25, 0.3) is 0 Å². The van der Waals surface area contributed by atoms with Gasteiger partial charge in [-0.05, 0) is 39.8 Å². The van der Waals surface area contributed by atoms with Gasteiger partial charge in [-0.2, -0.15) is 0 Å². The number of aliphatic hydroxyl groups is 1. The van der Waals surface area contributed by atoms with Gasteiger partial charge in [0.1, 0.15) is 12.4 Å². The number of nitrogens with zero attached hydrogens (tertiary/aromatic N) is 3. The van der Waals surface area contributed by atoms with Crippen molar-refractivity contribution in [2.24, 2.45) is 9.98 Å². The molecule has 2 aliphatic rings. The van der Waals surface area contributed by atoms with Gasteiger partial charge in [0.05, 0.1) is 0 Å². The van der Waals surface area contributed by atoms with E-state index in [2.05, 4.69) is 29.0 Å². The van der Waals surface area contributed by atoms with Gasteiger partial charge in [-0.15, -0.1) is 0 Å². The van der Waals surface area contributed by atoms with Gasteiger partial charge in [-0.1, -0.05) is 0 Å². The van der Waals surface area contributed by atoms with E-state index in [4.69, 9.17) is 4.74 Å². The highest BCUT2D eigenvalue weighted by atomic mass is 16.5. The first-order chi connectivity index (χ1) is 7.66. The lowest BCUT2D eigenvalue weighted by Crippen LogP contribution is -2.36. The Labute approximate surface area is 95.8 Å². The Morgan fingerprint density at radius 1 is 1.31 bits per heavy atom. The lowest BCUT2D eigenvalue weighted by Gasteiger charge is -2.32. The summed E-state index contributed by atoms with van der Waals surface area (Å²) in [6, 6.07) is 0.659. The minimum Gasteiger partial charge on any atom is -0.474 e. The van der Waals surface area contributed by atoms with Crippen LogP contribution in [0.15, 0.2) is 9.98 Å². The van der Waals surface area contributed by atoms with Crippen LogP contribution in [0.25, 0.3) is 0 Å². The molecule has 0 bridgehead atoms. The van der Waals surface area contributed by atoms with Crippen molar-refractivity contribution in [3.05, 3.63) is 0 Å². The minimum absolute atomic E-state index is 0.186. The second-order valence-electron chi connectivity index (χ2n) is 4.62. The molecular weight excluding hydrogens is 206 g/mol. The molecule has 1 aliphatic heterocycles. The van der Waals surface area contributed by atoms with Crippen molar-refractivity contribution in [1.82, 2.24) is 4.90 Å². The molecule has 1 saturated carbocycles. The van der Waals surface area contributed by atoms with Crippen molar-refractivity contribution in [2.45, 2.75) is 44.1 Å². The third-order valence-corrected chi connectivity index (χ3v) is 3.28. The topological polar surface area (TPSA) is 57.4 Å². The van der Waals surface area contributed by atoms with E-state index in [1.54, 1.807) is 0 Å². The van der Waals surface area contributed by atoms with Crippen LogP contribution in [0, 0.1) is 0 Å². The van der Waals surface area contributed by atoms with Gasteiger partial charge in [0, 0.05) is 6.04 Å². The molecule has 1 unspecified atom stereocenters. The first-order valence-electron chi connectivity index (χ1n) is 5.77. The molecule has 0 aromatic rings. The Morgan fingerprint density at radius 3 is 2.50 bits per heavy atom. The molecule has 1 N–H and O–H groups in total. The standard InChI is InChI=1S/C11H19N3O2/c1-14(2)8-3-5-9(6-4-8)16-11-10(15)12-7-13-11/h7-10,15H,3-6H2,1-2H3/t8-,9-,10?. The van der Waals surface area contributed by atoms with E-state index in [1.165, 1.54) is 6.34 Å². The zero-order chi connectivity index (χ0) is 11.5. The van der Waals surface area contributed by atoms with Gasteiger partial charge in [0.15, 0.2) is 0 Å². The third-order valence-electron chi connectivity index (χ3n) is 3.28. The molecular formula is C11H19N3O2. The van der Waals surface area contributed by atoms with Crippen molar-refractivity contribution in [3.8, 4) is 0 Å². The van der Waals surface area contributed by atoms with Crippen LogP contribution in [-0.2, 0) is 4.74 Å². The lowest BCUT2D eigenvalue weighted by atomic mass is 9.92. The minimum atomic E-state index is -0.883. The monoisotopic (exact) mass is 225 g/mol. The van der Waals surface area contributed by atoms with Crippen LogP contribution in [0.3, 0.4) is 0 Å². The van der Waals surface area contributed by atoms with Crippen molar-refractivity contribution >= 4 is 12.2 Å². The van der Waals surface area contributed by atoms with Crippen LogP contribution in [0.4, 0.5) is 0 Å². The van der Waals surface area contributed by atoms with E-state index in [1.807, 2.05) is 0 Å². The van der Waals surface area contributed by atoms with Crippen molar-refractivity contribution < 1.29 is 9.84 Å². The Bertz CT molecular complexity index is 294. The Kier molecular flexibility index (Phi) is 3.56. The predicted octanol–water partition coefficient (Wildman–Crippen LogP) is 0.635. The Balaban J connectivity index is 1.78. The summed E-state index contributed by atoms with van der Waals surface area (Å²) in [6.45, 7) is 0. The highest BCUT2D eigenvalue weighted by Crippen LogP contribution is 2.24. The summed E-state index contributed by atoms with van der Waals surface area (Å²) >= 11 is 0. The van der Waals surface area contributed by atoms with Gasteiger partial charge in [-0.25, -0.2) is 9.98 Å². The van der Waals surface area contributed by atoms with Crippen LogP contribution in [0.1, 0.15) is 25.7 Å². The molecule has 2 rings (SSSR count). The quantitative estimate of drug-likeness (QED) is 0.750. The van der Waals surface area contributed by atoms with Crippen LogP contribution in [-0.4, -0.2) is 54.7 Å². The third kappa shape index (κ3) is 2.59. The fourth-order valence-corrected chi connectivity index (χ4v) is 2.23. The maximum Gasteiger partial charge on any atom is 0.243 e. The second kappa shape index (κ2) is 4.93. The SMILES string of the molecule is CN(C)[C@H]1CC[C@H](OC2=NC=NC2O)CC1. The average molecular weight is 225 g/mol. The normalized spacial score (nSPS) is 34.2. The van der Waals surface area contributed by atoms with Gasteiger partial charge >= 0.3 is 0 Å². The molecule has 5 heteroatoms. The fraction of sp³-hybridized carbons (Fsp3) is 0.818. The fourth-order valence-electron chi connectivity index (χ4n) is 2.23. The molecule has 1 heterocycles. The molecule has 0 amide bonds. The number of rotatable bonds is 2. The number of hydrogen-bond acceptors (Lipinski definition) is 5. The lowest BCUT2D eigenvalue weighted by molar-refractivity contribution is 0.0852. The molecule has 90 valence electrons. The molecule has 16 heavy (non-hydrogen) atoms. The molecule has 1 aliphatic carbocycles. The molecule has 0 aromatic carbocycles. The summed E-state index contributed by atoms with van der Waals surface area (Å²) in [7, 11) is 4.23. The Hall–Kier alpha value is -0.940. The Morgan fingerprint density at radius 2 is 2.00 bits per heavy atom. The van der Waals surface area contributed by atoms with Crippen LogP contribution >= 0.6 is 0 Å². The summed E-state index contributed by atoms with van der Waals surface area (Å²) in [5, 5.41) is 9.40. The van der Waals surface area contributed by atoms with E-state index < -0.39 is 6.23 Å². The van der Waals surface area contributed by atoms with Crippen molar-refractivity contribution in [1.29, 1.82) is 0 Å². The largest absolute Gasteiger partial charge is 0.474 e. The van der Waals surface area contributed by atoms with Crippen molar-refractivity contribution in [3.63, 3.8) is 0 Å². The number of ether oxygens (including phenoxy) is 1. The molecule has 0 aromatic heterocycles. The van der Waals surface area contributed by atoms with E-state index in [0.29, 0.717) is 11.9 Å². The van der Waals surface area contributed by atoms with E-state index in [9.17, 15) is 5.11 Å². The van der Waals surface area contributed by atoms with Crippen molar-refractivity contribution in [2.75, 3.05) is 14.1 Å². The average Bonchev–Trinajstić information content (AvgIpc) is 2.65. The number of hydrogen-bond donors (Lipinski definition) is 1. The smallest absolute Gasteiger partial charge is 0.243 e. The van der Waals surface area contributed by atoms with Gasteiger partial charge in [-0.3, -0.25) is 0 Å².